The minimum atomic E-state index is 0.636. The zero-order valence-corrected chi connectivity index (χ0v) is 19.0. The van der Waals surface area contributed by atoms with Gasteiger partial charge in [-0.05, 0) is 68.0 Å². The molecule has 30 heavy (non-hydrogen) atoms. The van der Waals surface area contributed by atoms with Gasteiger partial charge in [0, 0.05) is 11.6 Å². The molecule has 2 heteroatoms. The highest BCUT2D eigenvalue weighted by Gasteiger charge is 2.22. The van der Waals surface area contributed by atoms with Gasteiger partial charge in [-0.2, -0.15) is 4.57 Å². The second kappa shape index (κ2) is 8.02. The van der Waals surface area contributed by atoms with Gasteiger partial charge in [0.05, 0.1) is 22.2 Å². The van der Waals surface area contributed by atoms with E-state index in [0.29, 0.717) is 5.92 Å². The molecule has 4 rings (SSSR count). The Morgan fingerprint density at radius 1 is 0.900 bits per heavy atom. The van der Waals surface area contributed by atoms with E-state index in [1.165, 1.54) is 49.8 Å². The summed E-state index contributed by atoms with van der Waals surface area (Å²) in [7, 11) is 2.15. The Morgan fingerprint density at radius 2 is 1.63 bits per heavy atom. The molecule has 0 fully saturated rings. The lowest BCUT2D eigenvalue weighted by Crippen LogP contribution is -2.31. The summed E-state index contributed by atoms with van der Waals surface area (Å²) in [5.74, 6) is 0.636. The Kier molecular flexibility index (Phi) is 5.42. The molecule has 152 valence electrons. The first-order chi connectivity index (χ1) is 14.3. The van der Waals surface area contributed by atoms with Gasteiger partial charge in [-0.3, -0.25) is 4.98 Å². The molecular formula is C28H31N2+. The maximum absolute atomic E-state index is 4.83. The second-order valence-electron chi connectivity index (χ2n) is 8.95. The van der Waals surface area contributed by atoms with Crippen molar-refractivity contribution >= 4 is 10.8 Å². The first kappa shape index (κ1) is 20.3. The molecule has 2 aromatic heterocycles. The second-order valence-corrected chi connectivity index (χ2v) is 8.95. The van der Waals surface area contributed by atoms with Gasteiger partial charge in [0.15, 0.2) is 6.20 Å². The van der Waals surface area contributed by atoms with Crippen molar-refractivity contribution in [3.8, 4) is 22.5 Å². The van der Waals surface area contributed by atoms with E-state index < -0.39 is 0 Å². The zero-order valence-electron chi connectivity index (χ0n) is 19.0. The van der Waals surface area contributed by atoms with E-state index in [-0.39, 0.29) is 0 Å². The molecule has 0 N–H and O–H groups in total. The zero-order chi connectivity index (χ0) is 21.4. The molecular weight excluding hydrogens is 364 g/mol. The van der Waals surface area contributed by atoms with Crippen LogP contribution >= 0.6 is 0 Å². The molecule has 0 atom stereocenters. The van der Waals surface area contributed by atoms with Gasteiger partial charge in [0.2, 0.25) is 5.69 Å². The highest BCUT2D eigenvalue weighted by atomic mass is 14.9. The minimum absolute atomic E-state index is 0.636. The van der Waals surface area contributed by atoms with E-state index in [1.807, 2.05) is 6.20 Å². The van der Waals surface area contributed by atoms with Crippen LogP contribution in [0, 0.1) is 26.7 Å². The monoisotopic (exact) mass is 395 g/mol. The van der Waals surface area contributed by atoms with Crippen molar-refractivity contribution in [1.29, 1.82) is 0 Å². The van der Waals surface area contributed by atoms with Gasteiger partial charge >= 0.3 is 0 Å². The third-order valence-corrected chi connectivity index (χ3v) is 5.96. The van der Waals surface area contributed by atoms with Crippen molar-refractivity contribution in [2.75, 3.05) is 0 Å². The molecule has 0 aliphatic heterocycles. The van der Waals surface area contributed by atoms with Crippen LogP contribution in [0.5, 0.6) is 0 Å². The number of benzene rings is 2. The van der Waals surface area contributed by atoms with Crippen LogP contribution < -0.4 is 4.57 Å². The van der Waals surface area contributed by atoms with Crippen molar-refractivity contribution < 1.29 is 4.57 Å². The van der Waals surface area contributed by atoms with E-state index in [2.05, 4.69) is 101 Å². The van der Waals surface area contributed by atoms with Gasteiger partial charge in [-0.1, -0.05) is 49.7 Å². The van der Waals surface area contributed by atoms with Gasteiger partial charge in [-0.25, -0.2) is 0 Å². The van der Waals surface area contributed by atoms with Gasteiger partial charge in [0.25, 0.3) is 0 Å². The standard InChI is InChI=1S/C28H31N2/c1-18(2)13-22-11-12-27(29-16-22)26-17-30(6)28(24-10-8-7-9-23(24)26)25-15-19(3)14-20(4)21(25)5/h7-12,14-18H,13H2,1-6H3/q+1. The molecule has 0 amide bonds. The van der Waals surface area contributed by atoms with Crippen LogP contribution in [0.3, 0.4) is 0 Å². The van der Waals surface area contributed by atoms with Crippen molar-refractivity contribution in [3.63, 3.8) is 0 Å². The lowest BCUT2D eigenvalue weighted by atomic mass is 9.93. The van der Waals surface area contributed by atoms with Crippen LogP contribution in [-0.4, -0.2) is 4.98 Å². The highest BCUT2D eigenvalue weighted by Crippen LogP contribution is 2.34. The normalized spacial score (nSPS) is 11.4. The van der Waals surface area contributed by atoms with E-state index in [1.54, 1.807) is 0 Å². The lowest BCUT2D eigenvalue weighted by molar-refractivity contribution is -0.658. The first-order valence-corrected chi connectivity index (χ1v) is 10.8. The number of fused-ring (bicyclic) bond motifs is 1. The molecule has 0 unspecified atom stereocenters. The predicted molar refractivity (Wildman–Crippen MR) is 127 cm³/mol. The molecule has 4 aromatic rings. The molecule has 0 saturated heterocycles. The Labute approximate surface area is 180 Å². The first-order valence-electron chi connectivity index (χ1n) is 10.8. The molecule has 0 bridgehead atoms. The van der Waals surface area contributed by atoms with E-state index in [0.717, 1.165) is 12.1 Å². The summed E-state index contributed by atoms with van der Waals surface area (Å²) in [6, 6.07) is 17.7. The molecule has 0 spiro atoms. The molecule has 0 aliphatic carbocycles. The summed E-state index contributed by atoms with van der Waals surface area (Å²) in [4.78, 5) is 4.83. The molecule has 2 aromatic carbocycles. The van der Waals surface area contributed by atoms with E-state index >= 15 is 0 Å². The van der Waals surface area contributed by atoms with E-state index in [9.17, 15) is 0 Å². The number of nitrogens with zero attached hydrogens (tertiary/aromatic N) is 2. The lowest BCUT2D eigenvalue weighted by Gasteiger charge is -2.14. The van der Waals surface area contributed by atoms with Crippen molar-refractivity contribution in [2.24, 2.45) is 13.0 Å². The molecule has 0 saturated carbocycles. The highest BCUT2D eigenvalue weighted by molar-refractivity contribution is 6.01. The summed E-state index contributed by atoms with van der Waals surface area (Å²) in [6.07, 6.45) is 5.33. The Bertz CT molecular complexity index is 1220. The largest absolute Gasteiger partial charge is 0.256 e. The molecule has 0 aliphatic rings. The van der Waals surface area contributed by atoms with Crippen LogP contribution in [0.25, 0.3) is 33.3 Å². The quantitative estimate of drug-likeness (QED) is 0.360. The SMILES string of the molecule is Cc1cc(C)c(C)c(-c2c3ccccc3c(-c3ccc(CC(C)C)cn3)c[n+]2C)c1. The van der Waals surface area contributed by atoms with Gasteiger partial charge in [-0.15, -0.1) is 0 Å². The van der Waals surface area contributed by atoms with Crippen molar-refractivity contribution in [3.05, 3.63) is 83.2 Å². The maximum atomic E-state index is 4.83. The minimum Gasteiger partial charge on any atom is -0.256 e. The summed E-state index contributed by atoms with van der Waals surface area (Å²) >= 11 is 0. The summed E-state index contributed by atoms with van der Waals surface area (Å²) in [6.45, 7) is 11.1. The Balaban J connectivity index is 1.93. The average Bonchev–Trinajstić information content (AvgIpc) is 2.71. The van der Waals surface area contributed by atoms with Crippen LogP contribution in [0.2, 0.25) is 0 Å². The summed E-state index contributed by atoms with van der Waals surface area (Å²) in [5.41, 5.74) is 10.0. The summed E-state index contributed by atoms with van der Waals surface area (Å²) in [5, 5.41) is 2.51. The van der Waals surface area contributed by atoms with Gasteiger partial charge < -0.3 is 0 Å². The van der Waals surface area contributed by atoms with Crippen molar-refractivity contribution in [1.82, 2.24) is 4.98 Å². The number of hydrogen-bond acceptors (Lipinski definition) is 1. The average molecular weight is 396 g/mol. The summed E-state index contributed by atoms with van der Waals surface area (Å²) < 4.78 is 2.27. The molecule has 2 heterocycles. The Morgan fingerprint density at radius 3 is 2.30 bits per heavy atom. The fourth-order valence-corrected chi connectivity index (χ4v) is 4.44. The smallest absolute Gasteiger partial charge is 0.220 e. The van der Waals surface area contributed by atoms with Crippen LogP contribution in [0.4, 0.5) is 0 Å². The number of aromatic nitrogens is 2. The molecule has 0 radical (unpaired) electrons. The fraction of sp³-hybridized carbons (Fsp3) is 0.286. The number of pyridine rings is 2. The Hall–Kier alpha value is -3.00. The third-order valence-electron chi connectivity index (χ3n) is 5.96. The molecule has 2 nitrogen and oxygen atoms in total. The number of rotatable bonds is 4. The third kappa shape index (κ3) is 3.75. The predicted octanol–water partition coefficient (Wildman–Crippen LogP) is 6.52. The van der Waals surface area contributed by atoms with Crippen LogP contribution in [-0.2, 0) is 13.5 Å². The fourth-order valence-electron chi connectivity index (χ4n) is 4.44. The maximum Gasteiger partial charge on any atom is 0.220 e. The number of hydrogen-bond donors (Lipinski definition) is 0. The topological polar surface area (TPSA) is 16.8 Å². The number of aryl methyl sites for hydroxylation is 3. The van der Waals surface area contributed by atoms with Crippen LogP contribution in [0.15, 0.2) is 60.9 Å². The van der Waals surface area contributed by atoms with Gasteiger partial charge in [0.1, 0.15) is 7.05 Å². The van der Waals surface area contributed by atoms with E-state index in [4.69, 9.17) is 4.98 Å². The van der Waals surface area contributed by atoms with Crippen molar-refractivity contribution in [2.45, 2.75) is 41.0 Å². The van der Waals surface area contributed by atoms with Crippen LogP contribution in [0.1, 0.15) is 36.1 Å².